The van der Waals surface area contributed by atoms with Crippen LogP contribution in [0.1, 0.15) is 22.5 Å². The van der Waals surface area contributed by atoms with Gasteiger partial charge in [-0.3, -0.25) is 0 Å². The third kappa shape index (κ3) is 1.46. The van der Waals surface area contributed by atoms with E-state index in [0.29, 0.717) is 10.6 Å². The van der Waals surface area contributed by atoms with Gasteiger partial charge in [-0.2, -0.15) is 0 Å². The maximum atomic E-state index is 11.9. The van der Waals surface area contributed by atoms with Crippen molar-refractivity contribution < 1.29 is 9.53 Å². The molecule has 0 radical (unpaired) electrons. The first-order valence-electron chi connectivity index (χ1n) is 5.61. The second-order valence-electron chi connectivity index (χ2n) is 4.23. The van der Waals surface area contributed by atoms with Gasteiger partial charge < -0.3 is 9.30 Å². The van der Waals surface area contributed by atoms with Crippen molar-refractivity contribution in [1.82, 2.24) is 4.57 Å². The number of carbonyl (C=O) groups is 1. The highest BCUT2D eigenvalue weighted by atomic mass is 35.5. The van der Waals surface area contributed by atoms with E-state index in [1.807, 2.05) is 18.2 Å². The molecule has 1 aromatic carbocycles. The fraction of sp³-hybridized carbons (Fsp3) is 0.308. The number of nitrogens with zero attached hydrogens (tertiary/aromatic N) is 1. The summed E-state index contributed by atoms with van der Waals surface area (Å²) >= 11 is 6.00. The summed E-state index contributed by atoms with van der Waals surface area (Å²) in [4.78, 5) is 11.9. The predicted molar refractivity (Wildman–Crippen MR) is 66.6 cm³/mol. The quantitative estimate of drug-likeness (QED) is 0.728. The molecule has 2 heterocycles. The predicted octanol–water partition coefficient (Wildman–Crippen LogP) is 3.03. The Morgan fingerprint density at radius 3 is 3.06 bits per heavy atom. The van der Waals surface area contributed by atoms with Gasteiger partial charge >= 0.3 is 5.97 Å². The molecule has 1 aromatic heterocycles. The van der Waals surface area contributed by atoms with E-state index in [2.05, 4.69) is 4.57 Å². The highest BCUT2D eigenvalue weighted by molar-refractivity contribution is 6.31. The summed E-state index contributed by atoms with van der Waals surface area (Å²) in [6.45, 7) is 0.963. The summed E-state index contributed by atoms with van der Waals surface area (Å²) in [5.41, 5.74) is 2.83. The summed E-state index contributed by atoms with van der Waals surface area (Å²) in [7, 11) is 1.41. The van der Waals surface area contributed by atoms with Crippen LogP contribution >= 0.6 is 11.6 Å². The molecule has 0 fully saturated rings. The lowest BCUT2D eigenvalue weighted by molar-refractivity contribution is 0.0602. The Hall–Kier alpha value is -1.48. The molecule has 1 aliphatic heterocycles. The van der Waals surface area contributed by atoms with Crippen molar-refractivity contribution >= 4 is 28.5 Å². The minimum absolute atomic E-state index is 0.270. The second kappa shape index (κ2) is 3.77. The SMILES string of the molecule is COC(=O)c1c2n(c3ccc(Cl)cc13)CCC2. The van der Waals surface area contributed by atoms with Crippen LogP contribution in [0.25, 0.3) is 10.9 Å². The fourth-order valence-electron chi connectivity index (χ4n) is 2.63. The van der Waals surface area contributed by atoms with E-state index in [9.17, 15) is 4.79 Å². The number of aromatic nitrogens is 1. The third-order valence-corrected chi connectivity index (χ3v) is 3.55. The average molecular weight is 250 g/mol. The highest BCUT2D eigenvalue weighted by Crippen LogP contribution is 2.33. The normalized spacial score (nSPS) is 14.0. The Bertz CT molecular complexity index is 615. The Morgan fingerprint density at radius 2 is 2.29 bits per heavy atom. The number of esters is 1. The van der Waals surface area contributed by atoms with Crippen molar-refractivity contribution in [1.29, 1.82) is 0 Å². The van der Waals surface area contributed by atoms with E-state index in [4.69, 9.17) is 16.3 Å². The topological polar surface area (TPSA) is 31.2 Å². The van der Waals surface area contributed by atoms with Crippen LogP contribution in [0.4, 0.5) is 0 Å². The summed E-state index contributed by atoms with van der Waals surface area (Å²) in [6, 6.07) is 5.67. The minimum Gasteiger partial charge on any atom is -0.465 e. The van der Waals surface area contributed by atoms with Gasteiger partial charge in [-0.05, 0) is 31.0 Å². The molecule has 0 unspecified atom stereocenters. The number of rotatable bonds is 1. The highest BCUT2D eigenvalue weighted by Gasteiger charge is 2.25. The molecule has 88 valence electrons. The zero-order valence-electron chi connectivity index (χ0n) is 9.50. The Kier molecular flexibility index (Phi) is 2.37. The van der Waals surface area contributed by atoms with Crippen LogP contribution in [-0.2, 0) is 17.7 Å². The smallest absolute Gasteiger partial charge is 0.340 e. The third-order valence-electron chi connectivity index (χ3n) is 3.32. The first-order chi connectivity index (χ1) is 8.22. The lowest BCUT2D eigenvalue weighted by atomic mass is 10.1. The Morgan fingerprint density at radius 1 is 1.47 bits per heavy atom. The van der Waals surface area contributed by atoms with Gasteiger partial charge in [0.1, 0.15) is 0 Å². The molecule has 17 heavy (non-hydrogen) atoms. The average Bonchev–Trinajstić information content (AvgIpc) is 2.87. The zero-order chi connectivity index (χ0) is 12.0. The van der Waals surface area contributed by atoms with Crippen LogP contribution in [0.5, 0.6) is 0 Å². The molecule has 0 spiro atoms. The van der Waals surface area contributed by atoms with Crippen molar-refractivity contribution in [2.75, 3.05) is 7.11 Å². The monoisotopic (exact) mass is 249 g/mol. The molecule has 0 amide bonds. The van der Waals surface area contributed by atoms with Gasteiger partial charge in [0.05, 0.1) is 12.7 Å². The number of methoxy groups -OCH3 is 1. The maximum absolute atomic E-state index is 11.9. The van der Waals surface area contributed by atoms with Crippen LogP contribution in [0.2, 0.25) is 5.02 Å². The van der Waals surface area contributed by atoms with Crippen molar-refractivity contribution in [3.8, 4) is 0 Å². The second-order valence-corrected chi connectivity index (χ2v) is 4.67. The van der Waals surface area contributed by atoms with Gasteiger partial charge in [0.15, 0.2) is 0 Å². The minimum atomic E-state index is -0.270. The van der Waals surface area contributed by atoms with Crippen molar-refractivity contribution in [2.45, 2.75) is 19.4 Å². The summed E-state index contributed by atoms with van der Waals surface area (Å²) in [5.74, 6) is -0.270. The van der Waals surface area contributed by atoms with E-state index in [0.717, 1.165) is 36.0 Å². The van der Waals surface area contributed by atoms with Gasteiger partial charge in [-0.1, -0.05) is 11.6 Å². The van der Waals surface area contributed by atoms with Gasteiger partial charge in [0, 0.05) is 28.2 Å². The van der Waals surface area contributed by atoms with Gasteiger partial charge in [-0.15, -0.1) is 0 Å². The number of ether oxygens (including phenoxy) is 1. The molecule has 0 aliphatic carbocycles. The van der Waals surface area contributed by atoms with Crippen molar-refractivity contribution in [3.63, 3.8) is 0 Å². The molecule has 0 N–H and O–H groups in total. The van der Waals surface area contributed by atoms with Crippen LogP contribution in [-0.4, -0.2) is 17.6 Å². The largest absolute Gasteiger partial charge is 0.465 e. The number of hydrogen-bond donors (Lipinski definition) is 0. The molecule has 3 rings (SSSR count). The van der Waals surface area contributed by atoms with Crippen LogP contribution in [0.15, 0.2) is 18.2 Å². The summed E-state index contributed by atoms with van der Waals surface area (Å²) in [5, 5.41) is 1.55. The first kappa shape index (κ1) is 10.7. The molecule has 0 bridgehead atoms. The summed E-state index contributed by atoms with van der Waals surface area (Å²) < 4.78 is 7.06. The van der Waals surface area contributed by atoms with E-state index in [1.165, 1.54) is 7.11 Å². The lowest BCUT2D eigenvalue weighted by Crippen LogP contribution is -2.03. The number of aryl methyl sites for hydroxylation is 1. The molecular weight excluding hydrogens is 238 g/mol. The molecule has 0 atom stereocenters. The number of carbonyl (C=O) groups excluding carboxylic acids is 1. The maximum Gasteiger partial charge on any atom is 0.340 e. The van der Waals surface area contributed by atoms with E-state index in [1.54, 1.807) is 0 Å². The van der Waals surface area contributed by atoms with E-state index in [-0.39, 0.29) is 5.97 Å². The molecule has 1 aliphatic rings. The standard InChI is InChI=1S/C13H12ClNO2/c1-17-13(16)12-9-7-8(14)4-5-10(9)15-6-2-3-11(12)15/h4-5,7H,2-3,6H2,1H3. The number of hydrogen-bond acceptors (Lipinski definition) is 2. The first-order valence-corrected chi connectivity index (χ1v) is 5.99. The molecule has 3 nitrogen and oxygen atoms in total. The number of fused-ring (bicyclic) bond motifs is 3. The molecule has 0 saturated heterocycles. The van der Waals surface area contributed by atoms with Crippen molar-refractivity contribution in [3.05, 3.63) is 34.5 Å². The Balaban J connectivity index is 2.38. The molecule has 2 aromatic rings. The van der Waals surface area contributed by atoms with Crippen molar-refractivity contribution in [2.24, 2.45) is 0 Å². The molecule has 0 saturated carbocycles. The number of halogens is 1. The van der Waals surface area contributed by atoms with E-state index >= 15 is 0 Å². The zero-order valence-corrected chi connectivity index (χ0v) is 10.3. The van der Waals surface area contributed by atoms with Crippen LogP contribution in [0.3, 0.4) is 0 Å². The Labute approximate surface area is 104 Å². The fourth-order valence-corrected chi connectivity index (χ4v) is 2.80. The molecule has 4 heteroatoms. The summed E-state index contributed by atoms with van der Waals surface area (Å²) in [6.07, 6.45) is 2.01. The lowest BCUT2D eigenvalue weighted by Gasteiger charge is -2.00. The molecular formula is C13H12ClNO2. The van der Waals surface area contributed by atoms with Gasteiger partial charge in [0.25, 0.3) is 0 Å². The van der Waals surface area contributed by atoms with Gasteiger partial charge in [-0.25, -0.2) is 4.79 Å². The number of benzene rings is 1. The van der Waals surface area contributed by atoms with E-state index < -0.39 is 0 Å². The van der Waals surface area contributed by atoms with Gasteiger partial charge in [0.2, 0.25) is 0 Å². The van der Waals surface area contributed by atoms with Crippen LogP contribution < -0.4 is 0 Å². The van der Waals surface area contributed by atoms with Crippen LogP contribution in [0, 0.1) is 0 Å².